The molecule has 1 aliphatic carbocycles. The van der Waals surface area contributed by atoms with E-state index in [4.69, 9.17) is 23.2 Å². The van der Waals surface area contributed by atoms with Gasteiger partial charge in [0.05, 0.1) is 18.1 Å². The number of halogens is 3. The van der Waals surface area contributed by atoms with E-state index in [0.29, 0.717) is 35.3 Å². The van der Waals surface area contributed by atoms with Crippen molar-refractivity contribution in [1.82, 2.24) is 20.5 Å². The maximum Gasteiger partial charge on any atom is 0.239 e. The maximum absolute atomic E-state index is 12.1. The third-order valence-electron chi connectivity index (χ3n) is 4.35. The Bertz CT molecular complexity index is 615. The number of aromatic nitrogens is 1. The van der Waals surface area contributed by atoms with E-state index in [0.717, 1.165) is 18.5 Å². The predicted octanol–water partition coefficient (Wildman–Crippen LogP) is 3.45. The Labute approximate surface area is 182 Å². The predicted molar refractivity (Wildman–Crippen MR) is 119 cm³/mol. The average molecular weight is 516 g/mol. The SMILES string of the molecule is CCNC(=NCc1cc(Cl)c(Cl)n1C)NCC(=O)NC1CCCCC1.I. The second-order valence-corrected chi connectivity index (χ2v) is 7.05. The van der Waals surface area contributed by atoms with Crippen molar-refractivity contribution in [2.75, 3.05) is 13.1 Å². The molecule has 0 atom stereocenters. The quantitative estimate of drug-likeness (QED) is 0.308. The summed E-state index contributed by atoms with van der Waals surface area (Å²) >= 11 is 12.1. The molecule has 0 aliphatic heterocycles. The second kappa shape index (κ2) is 11.9. The highest BCUT2D eigenvalue weighted by atomic mass is 127. The summed E-state index contributed by atoms with van der Waals surface area (Å²) in [5.74, 6) is 0.595. The molecule has 1 amide bonds. The van der Waals surface area contributed by atoms with Crippen LogP contribution in [0, 0.1) is 0 Å². The van der Waals surface area contributed by atoms with Gasteiger partial charge in [0.15, 0.2) is 5.96 Å². The highest BCUT2D eigenvalue weighted by Gasteiger charge is 2.15. The Balaban J connectivity index is 0.00000338. The van der Waals surface area contributed by atoms with Gasteiger partial charge in [-0.15, -0.1) is 24.0 Å². The van der Waals surface area contributed by atoms with Crippen LogP contribution in [-0.4, -0.2) is 35.6 Å². The molecule has 1 aromatic rings. The van der Waals surface area contributed by atoms with Crippen LogP contribution in [-0.2, 0) is 18.4 Å². The van der Waals surface area contributed by atoms with E-state index in [1.165, 1.54) is 19.3 Å². The fourth-order valence-electron chi connectivity index (χ4n) is 2.93. The number of carbonyl (C=O) groups is 1. The summed E-state index contributed by atoms with van der Waals surface area (Å²) in [7, 11) is 1.84. The number of rotatable bonds is 6. The van der Waals surface area contributed by atoms with E-state index in [1.54, 1.807) is 10.6 Å². The molecule has 1 heterocycles. The first-order valence-electron chi connectivity index (χ1n) is 8.82. The lowest BCUT2D eigenvalue weighted by molar-refractivity contribution is -0.120. The van der Waals surface area contributed by atoms with Crippen LogP contribution in [0.5, 0.6) is 0 Å². The zero-order valence-corrected chi connectivity index (χ0v) is 19.1. The smallest absolute Gasteiger partial charge is 0.239 e. The highest BCUT2D eigenvalue weighted by molar-refractivity contribution is 14.0. The standard InChI is InChI=1S/C17H27Cl2N5O.HI/c1-3-20-17(21-10-13-9-14(18)16(19)24(13)2)22-11-15(25)23-12-7-5-4-6-8-12;/h9,12H,3-8,10-11H2,1-2H3,(H,23,25)(H2,20,21,22);1H. The molecule has 148 valence electrons. The van der Waals surface area contributed by atoms with Crippen molar-refractivity contribution in [3.05, 3.63) is 21.9 Å². The van der Waals surface area contributed by atoms with Gasteiger partial charge in [-0.25, -0.2) is 4.99 Å². The van der Waals surface area contributed by atoms with E-state index in [2.05, 4.69) is 20.9 Å². The minimum Gasteiger partial charge on any atom is -0.357 e. The molecule has 0 bridgehead atoms. The van der Waals surface area contributed by atoms with Crippen molar-refractivity contribution in [2.45, 2.75) is 51.6 Å². The third kappa shape index (κ3) is 7.15. The minimum atomic E-state index is 0. The van der Waals surface area contributed by atoms with Gasteiger partial charge < -0.3 is 20.5 Å². The third-order valence-corrected chi connectivity index (χ3v) is 5.19. The molecule has 6 nitrogen and oxygen atoms in total. The monoisotopic (exact) mass is 515 g/mol. The molecule has 26 heavy (non-hydrogen) atoms. The molecule has 0 radical (unpaired) electrons. The summed E-state index contributed by atoms with van der Waals surface area (Å²) in [4.78, 5) is 16.6. The first kappa shape index (κ1) is 23.4. The van der Waals surface area contributed by atoms with Crippen LogP contribution >= 0.6 is 47.2 Å². The number of hydrogen-bond donors (Lipinski definition) is 3. The molecule has 0 saturated heterocycles. The minimum absolute atomic E-state index is 0. The van der Waals surface area contributed by atoms with Crippen LogP contribution < -0.4 is 16.0 Å². The van der Waals surface area contributed by atoms with Gasteiger partial charge in [-0.05, 0) is 25.8 Å². The van der Waals surface area contributed by atoms with Gasteiger partial charge in [0.25, 0.3) is 0 Å². The van der Waals surface area contributed by atoms with Crippen LogP contribution in [0.15, 0.2) is 11.1 Å². The number of nitrogens with one attached hydrogen (secondary N) is 3. The molecule has 9 heteroatoms. The Kier molecular flexibility index (Phi) is 10.7. The normalized spacial score (nSPS) is 15.3. The largest absolute Gasteiger partial charge is 0.357 e. The average Bonchev–Trinajstić information content (AvgIpc) is 2.85. The van der Waals surface area contributed by atoms with E-state index in [-0.39, 0.29) is 36.4 Å². The van der Waals surface area contributed by atoms with Crippen LogP contribution in [0.1, 0.15) is 44.7 Å². The molecule has 3 N–H and O–H groups in total. The Morgan fingerprint density at radius 3 is 2.54 bits per heavy atom. The summed E-state index contributed by atoms with van der Waals surface area (Å²) in [5, 5.41) is 10.3. The summed E-state index contributed by atoms with van der Waals surface area (Å²) in [6.07, 6.45) is 5.83. The molecule has 0 aromatic carbocycles. The lowest BCUT2D eigenvalue weighted by Gasteiger charge is -2.23. The van der Waals surface area contributed by atoms with Crippen molar-refractivity contribution in [3.63, 3.8) is 0 Å². The summed E-state index contributed by atoms with van der Waals surface area (Å²) in [6, 6.07) is 2.11. The number of aliphatic imine (C=N–C) groups is 1. The Hall–Kier alpha value is -0.670. The van der Waals surface area contributed by atoms with Crippen LogP contribution in [0.25, 0.3) is 0 Å². The summed E-state index contributed by atoms with van der Waals surface area (Å²) in [5.41, 5.74) is 0.902. The summed E-state index contributed by atoms with van der Waals surface area (Å²) < 4.78 is 1.80. The van der Waals surface area contributed by atoms with Gasteiger partial charge in [0.1, 0.15) is 5.15 Å². The number of amides is 1. The summed E-state index contributed by atoms with van der Waals surface area (Å²) in [6.45, 7) is 3.32. The van der Waals surface area contributed by atoms with Crippen molar-refractivity contribution in [2.24, 2.45) is 12.0 Å². The fraction of sp³-hybridized carbons (Fsp3) is 0.647. The molecular formula is C17H28Cl2IN5O. The van der Waals surface area contributed by atoms with Crippen LogP contribution in [0.2, 0.25) is 10.2 Å². The Morgan fingerprint density at radius 2 is 1.96 bits per heavy atom. The highest BCUT2D eigenvalue weighted by Crippen LogP contribution is 2.25. The number of guanidine groups is 1. The number of nitrogens with zero attached hydrogens (tertiary/aromatic N) is 2. The van der Waals surface area contributed by atoms with Crippen LogP contribution in [0.4, 0.5) is 0 Å². The zero-order chi connectivity index (χ0) is 18.2. The number of carbonyl (C=O) groups excluding carboxylic acids is 1. The van der Waals surface area contributed by atoms with Gasteiger partial charge in [-0.1, -0.05) is 42.5 Å². The van der Waals surface area contributed by atoms with Gasteiger partial charge in [0.2, 0.25) is 5.91 Å². The fourth-order valence-corrected chi connectivity index (χ4v) is 3.35. The van der Waals surface area contributed by atoms with Crippen molar-refractivity contribution >= 4 is 59.0 Å². The molecule has 0 unspecified atom stereocenters. The first-order chi connectivity index (χ1) is 12.0. The van der Waals surface area contributed by atoms with E-state index < -0.39 is 0 Å². The molecule has 0 spiro atoms. The van der Waals surface area contributed by atoms with Gasteiger partial charge in [0, 0.05) is 25.3 Å². The Morgan fingerprint density at radius 1 is 1.27 bits per heavy atom. The molecule has 1 fully saturated rings. The van der Waals surface area contributed by atoms with Crippen molar-refractivity contribution in [3.8, 4) is 0 Å². The molecule has 2 rings (SSSR count). The molecular weight excluding hydrogens is 488 g/mol. The molecule has 1 aromatic heterocycles. The van der Waals surface area contributed by atoms with Gasteiger partial charge in [-0.2, -0.15) is 0 Å². The topological polar surface area (TPSA) is 70.5 Å². The second-order valence-electron chi connectivity index (χ2n) is 6.28. The first-order valence-corrected chi connectivity index (χ1v) is 9.58. The van der Waals surface area contributed by atoms with E-state index >= 15 is 0 Å². The van der Waals surface area contributed by atoms with Gasteiger partial charge in [-0.3, -0.25) is 4.79 Å². The van der Waals surface area contributed by atoms with Crippen molar-refractivity contribution in [1.29, 1.82) is 0 Å². The molecule has 1 saturated carbocycles. The van der Waals surface area contributed by atoms with E-state index in [1.807, 2.05) is 14.0 Å². The van der Waals surface area contributed by atoms with Crippen molar-refractivity contribution < 1.29 is 4.79 Å². The van der Waals surface area contributed by atoms with Gasteiger partial charge >= 0.3 is 0 Å². The lowest BCUT2D eigenvalue weighted by Crippen LogP contribution is -2.46. The lowest BCUT2D eigenvalue weighted by atomic mass is 9.95. The van der Waals surface area contributed by atoms with Crippen LogP contribution in [0.3, 0.4) is 0 Å². The maximum atomic E-state index is 12.1. The molecule has 1 aliphatic rings. The number of hydrogen-bond acceptors (Lipinski definition) is 2. The van der Waals surface area contributed by atoms with E-state index in [9.17, 15) is 4.79 Å². The zero-order valence-electron chi connectivity index (χ0n) is 15.3.